The number of hydrogen-bond donors (Lipinski definition) is 0. The number of rotatable bonds is 9. The van der Waals surface area contributed by atoms with Crippen molar-refractivity contribution < 1.29 is 0 Å². The van der Waals surface area contributed by atoms with Crippen LogP contribution in [0.2, 0.25) is 0 Å². The van der Waals surface area contributed by atoms with E-state index in [0.717, 1.165) is 28.2 Å². The number of fused-ring (bicyclic) bond motifs is 3. The molecule has 0 amide bonds. The fraction of sp³-hybridized carbons (Fsp3) is 0. The molecule has 67 heavy (non-hydrogen) atoms. The molecule has 0 N–H and O–H groups in total. The zero-order valence-corrected chi connectivity index (χ0v) is 36.9. The monoisotopic (exact) mass is 851 g/mol. The van der Waals surface area contributed by atoms with E-state index in [2.05, 4.69) is 278 Å². The molecule has 0 unspecified atom stereocenters. The van der Waals surface area contributed by atoms with Gasteiger partial charge in [0.25, 0.3) is 0 Å². The summed E-state index contributed by atoms with van der Waals surface area (Å²) in [6.45, 7) is 0. The van der Waals surface area contributed by atoms with E-state index >= 15 is 0 Å². The first-order valence-electron chi connectivity index (χ1n) is 23.1. The van der Waals surface area contributed by atoms with Crippen LogP contribution in [0.5, 0.6) is 0 Å². The van der Waals surface area contributed by atoms with Crippen LogP contribution in [0.25, 0.3) is 99.1 Å². The Balaban J connectivity index is 1.000. The van der Waals surface area contributed by atoms with Gasteiger partial charge in [0.2, 0.25) is 0 Å². The summed E-state index contributed by atoms with van der Waals surface area (Å²) in [5.41, 5.74) is 17.5. The Hall–Kier alpha value is -8.78. The van der Waals surface area contributed by atoms with Crippen LogP contribution in [0, 0.1) is 0 Å². The molecule has 0 aliphatic heterocycles. The zero-order valence-electron chi connectivity index (χ0n) is 36.9. The molecular weight excluding hydrogens is 807 g/mol. The average molecular weight is 852 g/mol. The summed E-state index contributed by atoms with van der Waals surface area (Å²) < 4.78 is 0. The number of anilines is 3. The summed E-state index contributed by atoms with van der Waals surface area (Å²) in [6, 6.07) is 99.7. The number of nitrogens with zero attached hydrogens (tertiary/aromatic N) is 1. The third kappa shape index (κ3) is 7.94. The highest BCUT2D eigenvalue weighted by atomic mass is 15.1. The van der Waals surface area contributed by atoms with Crippen molar-refractivity contribution in [1.82, 2.24) is 0 Å². The van der Waals surface area contributed by atoms with Gasteiger partial charge < -0.3 is 4.90 Å². The van der Waals surface area contributed by atoms with Gasteiger partial charge in [0, 0.05) is 16.9 Å². The first-order valence-corrected chi connectivity index (χ1v) is 23.1. The molecular formula is C66H45N. The fourth-order valence-electron chi connectivity index (χ4n) is 9.66. The molecule has 12 rings (SSSR count). The lowest BCUT2D eigenvalue weighted by Gasteiger charge is -2.29. The molecule has 0 aromatic heterocycles. The highest BCUT2D eigenvalue weighted by Crippen LogP contribution is 2.45. The minimum Gasteiger partial charge on any atom is -0.310 e. The smallest absolute Gasteiger partial charge is 0.0546 e. The summed E-state index contributed by atoms with van der Waals surface area (Å²) in [5.74, 6) is 0. The normalized spacial score (nSPS) is 11.3. The maximum absolute atomic E-state index is 2.44. The topological polar surface area (TPSA) is 3.24 Å². The molecule has 0 aliphatic carbocycles. The summed E-state index contributed by atoms with van der Waals surface area (Å²) >= 11 is 0. The number of benzene rings is 12. The van der Waals surface area contributed by atoms with Gasteiger partial charge in [-0.3, -0.25) is 0 Å². The van der Waals surface area contributed by atoms with Gasteiger partial charge in [-0.15, -0.1) is 0 Å². The first kappa shape index (κ1) is 39.8. The van der Waals surface area contributed by atoms with Gasteiger partial charge in [-0.2, -0.15) is 0 Å². The van der Waals surface area contributed by atoms with Crippen molar-refractivity contribution in [2.45, 2.75) is 0 Å². The minimum absolute atomic E-state index is 1.07. The van der Waals surface area contributed by atoms with Gasteiger partial charge >= 0.3 is 0 Å². The lowest BCUT2D eigenvalue weighted by atomic mass is 9.94. The second-order valence-corrected chi connectivity index (χ2v) is 17.4. The van der Waals surface area contributed by atoms with Crippen LogP contribution >= 0.6 is 0 Å². The van der Waals surface area contributed by atoms with Crippen molar-refractivity contribution in [3.63, 3.8) is 0 Å². The summed E-state index contributed by atoms with van der Waals surface area (Å²) in [6.07, 6.45) is 0. The van der Waals surface area contributed by atoms with Crippen LogP contribution in [0.3, 0.4) is 0 Å². The molecule has 0 spiro atoms. The molecule has 12 aromatic rings. The standard InChI is InChI=1S/C66H45N/c1-2-12-46(13-3-1)55-20-10-21-56(40-55)50-30-35-63(36-31-50)67(64-37-32-51(33-38-64)57-22-11-23-58(41-57)59-27-24-47-14-4-7-17-52(47)42-59)66-45-61(60-28-25-48-15-5-8-18-53(48)43-60)34-39-65(66)62-29-26-49-16-6-9-19-54(49)44-62/h1-45H. The quantitative estimate of drug-likeness (QED) is 0.140. The Morgan fingerprint density at radius 1 is 0.179 bits per heavy atom. The molecule has 0 saturated carbocycles. The van der Waals surface area contributed by atoms with Gasteiger partial charge in [0.15, 0.2) is 0 Å². The largest absolute Gasteiger partial charge is 0.310 e. The Kier molecular flexibility index (Phi) is 10.3. The van der Waals surface area contributed by atoms with Gasteiger partial charge in [-0.25, -0.2) is 0 Å². The van der Waals surface area contributed by atoms with Crippen molar-refractivity contribution in [3.8, 4) is 66.8 Å². The first-order chi connectivity index (χ1) is 33.2. The van der Waals surface area contributed by atoms with Gasteiger partial charge in [-0.05, 0) is 154 Å². The SMILES string of the molecule is c1ccc(-c2cccc(-c3ccc(N(c4ccc(-c5cccc(-c6ccc7ccccc7c6)c5)cc4)c4cc(-c5ccc6ccccc6c5)ccc4-c4ccc5ccccc5c4)cc3)c2)cc1. The van der Waals surface area contributed by atoms with E-state index < -0.39 is 0 Å². The van der Waals surface area contributed by atoms with Crippen molar-refractivity contribution >= 4 is 49.4 Å². The van der Waals surface area contributed by atoms with E-state index in [1.54, 1.807) is 0 Å². The molecule has 0 saturated heterocycles. The summed E-state index contributed by atoms with van der Waals surface area (Å²) in [7, 11) is 0. The Morgan fingerprint density at radius 3 is 0.970 bits per heavy atom. The maximum Gasteiger partial charge on any atom is 0.0546 e. The second kappa shape index (κ2) is 17.3. The predicted molar refractivity (Wildman–Crippen MR) is 286 cm³/mol. The summed E-state index contributed by atoms with van der Waals surface area (Å²) in [4.78, 5) is 2.44. The van der Waals surface area contributed by atoms with Crippen molar-refractivity contribution in [2.24, 2.45) is 0 Å². The Labute approximate surface area is 392 Å². The second-order valence-electron chi connectivity index (χ2n) is 17.4. The van der Waals surface area contributed by atoms with E-state index in [1.165, 1.54) is 88.0 Å². The molecule has 0 radical (unpaired) electrons. The molecule has 0 bridgehead atoms. The molecule has 1 heteroatoms. The average Bonchev–Trinajstić information content (AvgIpc) is 3.41. The van der Waals surface area contributed by atoms with Crippen LogP contribution < -0.4 is 4.90 Å². The van der Waals surface area contributed by atoms with Gasteiger partial charge in [-0.1, -0.05) is 212 Å². The van der Waals surface area contributed by atoms with Crippen LogP contribution in [-0.2, 0) is 0 Å². The molecule has 0 atom stereocenters. The lowest BCUT2D eigenvalue weighted by molar-refractivity contribution is 1.28. The fourth-order valence-corrected chi connectivity index (χ4v) is 9.66. The highest BCUT2D eigenvalue weighted by Gasteiger charge is 2.20. The zero-order chi connectivity index (χ0) is 44.5. The lowest BCUT2D eigenvalue weighted by Crippen LogP contribution is -2.11. The number of hydrogen-bond acceptors (Lipinski definition) is 1. The van der Waals surface area contributed by atoms with E-state index in [0.29, 0.717) is 0 Å². The third-order valence-corrected chi connectivity index (χ3v) is 13.2. The maximum atomic E-state index is 2.44. The van der Waals surface area contributed by atoms with Crippen LogP contribution in [-0.4, -0.2) is 0 Å². The van der Waals surface area contributed by atoms with Crippen LogP contribution in [0.1, 0.15) is 0 Å². The predicted octanol–water partition coefficient (Wildman–Crippen LogP) is 18.6. The molecule has 12 aromatic carbocycles. The van der Waals surface area contributed by atoms with E-state index in [-0.39, 0.29) is 0 Å². The molecule has 0 fully saturated rings. The van der Waals surface area contributed by atoms with Gasteiger partial charge in [0.1, 0.15) is 0 Å². The van der Waals surface area contributed by atoms with E-state index in [1.807, 2.05) is 0 Å². The van der Waals surface area contributed by atoms with Gasteiger partial charge in [0.05, 0.1) is 5.69 Å². The van der Waals surface area contributed by atoms with Crippen LogP contribution in [0.4, 0.5) is 17.1 Å². The van der Waals surface area contributed by atoms with Crippen molar-refractivity contribution in [1.29, 1.82) is 0 Å². The van der Waals surface area contributed by atoms with Crippen LogP contribution in [0.15, 0.2) is 273 Å². The molecule has 0 heterocycles. The molecule has 0 aliphatic rings. The highest BCUT2D eigenvalue weighted by molar-refractivity contribution is 5.96. The molecule has 314 valence electrons. The van der Waals surface area contributed by atoms with E-state index in [9.17, 15) is 0 Å². The summed E-state index contributed by atoms with van der Waals surface area (Å²) in [5, 5.41) is 7.40. The minimum atomic E-state index is 1.07. The van der Waals surface area contributed by atoms with Crippen molar-refractivity contribution in [2.75, 3.05) is 4.90 Å². The van der Waals surface area contributed by atoms with Crippen molar-refractivity contribution in [3.05, 3.63) is 273 Å². The third-order valence-electron chi connectivity index (χ3n) is 13.2. The molecule has 1 nitrogen and oxygen atoms in total. The Bertz CT molecular complexity index is 3730. The van der Waals surface area contributed by atoms with E-state index in [4.69, 9.17) is 0 Å². The Morgan fingerprint density at radius 2 is 0.493 bits per heavy atom.